The highest BCUT2D eigenvalue weighted by molar-refractivity contribution is 5.60. The van der Waals surface area contributed by atoms with Gasteiger partial charge in [0.25, 0.3) is 0 Å². The molecule has 0 radical (unpaired) electrons. The molecule has 0 aliphatic heterocycles. The number of methoxy groups -OCH3 is 1. The van der Waals surface area contributed by atoms with Gasteiger partial charge in [-0.3, -0.25) is 0 Å². The summed E-state index contributed by atoms with van der Waals surface area (Å²) in [6, 6.07) is 15.1. The van der Waals surface area contributed by atoms with Gasteiger partial charge in [0.2, 0.25) is 0 Å². The summed E-state index contributed by atoms with van der Waals surface area (Å²) < 4.78 is 16.6. The number of hydrogen-bond acceptors (Lipinski definition) is 4. The zero-order valence-electron chi connectivity index (χ0n) is 13.5. The van der Waals surface area contributed by atoms with Crippen LogP contribution in [-0.2, 0) is 11.3 Å². The van der Waals surface area contributed by atoms with E-state index in [0.717, 1.165) is 5.56 Å². The Morgan fingerprint density at radius 3 is 2.48 bits per heavy atom. The van der Waals surface area contributed by atoms with Crippen LogP contribution in [0, 0.1) is 0 Å². The highest BCUT2D eigenvalue weighted by Crippen LogP contribution is 2.27. The molecule has 0 spiro atoms. The maximum atomic E-state index is 9.67. The van der Waals surface area contributed by atoms with Gasteiger partial charge in [-0.2, -0.15) is 0 Å². The second-order valence-corrected chi connectivity index (χ2v) is 5.30. The molecular formula is C19H22O4. The Bertz CT molecular complexity index is 637. The van der Waals surface area contributed by atoms with Crippen LogP contribution in [0.15, 0.2) is 55.1 Å². The molecule has 0 bridgehead atoms. The van der Waals surface area contributed by atoms with E-state index in [0.29, 0.717) is 30.3 Å². The third-order valence-electron chi connectivity index (χ3n) is 3.20. The van der Waals surface area contributed by atoms with Crippen molar-refractivity contribution in [1.82, 2.24) is 0 Å². The average Bonchev–Trinajstić information content (AvgIpc) is 2.54. The van der Waals surface area contributed by atoms with Crippen LogP contribution in [-0.4, -0.2) is 24.9 Å². The summed E-state index contributed by atoms with van der Waals surface area (Å²) in [5, 5.41) is 9.67. The molecule has 2 rings (SSSR count). The second-order valence-electron chi connectivity index (χ2n) is 5.30. The monoisotopic (exact) mass is 314 g/mol. The number of rotatable bonds is 8. The van der Waals surface area contributed by atoms with Crippen LogP contribution >= 0.6 is 0 Å². The fourth-order valence-electron chi connectivity index (χ4n) is 2.13. The number of aliphatic hydroxyl groups is 1. The maximum absolute atomic E-state index is 9.67. The molecule has 0 heterocycles. The Labute approximate surface area is 136 Å². The average molecular weight is 314 g/mol. The van der Waals surface area contributed by atoms with Gasteiger partial charge < -0.3 is 19.3 Å². The van der Waals surface area contributed by atoms with E-state index in [9.17, 15) is 5.11 Å². The van der Waals surface area contributed by atoms with Crippen molar-refractivity contribution in [2.24, 2.45) is 0 Å². The van der Waals surface area contributed by atoms with Gasteiger partial charge >= 0.3 is 0 Å². The van der Waals surface area contributed by atoms with Gasteiger partial charge in [0.1, 0.15) is 30.0 Å². The molecule has 0 aromatic heterocycles. The molecule has 0 amide bonds. The van der Waals surface area contributed by atoms with Crippen LogP contribution in [0.3, 0.4) is 0 Å². The van der Waals surface area contributed by atoms with E-state index in [1.807, 2.05) is 37.3 Å². The van der Waals surface area contributed by atoms with Crippen LogP contribution in [0.5, 0.6) is 11.5 Å². The molecule has 4 heteroatoms. The summed E-state index contributed by atoms with van der Waals surface area (Å²) in [5.74, 6) is 1.19. The standard InChI is InChI=1S/C19H22O4/c1-14(12-21-3)23-19-10-17(15(2)20)9-18(11-19)22-13-16-7-5-4-6-8-16/h4-11,14,20H,2,12-13H2,1,3H3/t14-/m0/s1. The van der Waals surface area contributed by atoms with E-state index in [-0.39, 0.29) is 11.9 Å². The summed E-state index contributed by atoms with van der Waals surface area (Å²) >= 11 is 0. The zero-order valence-corrected chi connectivity index (χ0v) is 13.5. The van der Waals surface area contributed by atoms with Gasteiger partial charge in [-0.25, -0.2) is 0 Å². The maximum Gasteiger partial charge on any atom is 0.124 e. The largest absolute Gasteiger partial charge is 0.508 e. The fraction of sp³-hybridized carbons (Fsp3) is 0.263. The number of aliphatic hydroxyl groups excluding tert-OH is 1. The lowest BCUT2D eigenvalue weighted by Gasteiger charge is -2.16. The van der Waals surface area contributed by atoms with E-state index in [4.69, 9.17) is 14.2 Å². The van der Waals surface area contributed by atoms with Crippen LogP contribution in [0.4, 0.5) is 0 Å². The van der Waals surface area contributed by atoms with Crippen molar-refractivity contribution in [2.75, 3.05) is 13.7 Å². The molecule has 0 aliphatic carbocycles. The van der Waals surface area contributed by atoms with Crippen molar-refractivity contribution in [3.63, 3.8) is 0 Å². The minimum Gasteiger partial charge on any atom is -0.508 e. The van der Waals surface area contributed by atoms with Crippen molar-refractivity contribution >= 4 is 5.76 Å². The number of hydrogen-bond donors (Lipinski definition) is 1. The molecule has 0 fully saturated rings. The minimum atomic E-state index is -0.107. The molecule has 1 N–H and O–H groups in total. The Morgan fingerprint density at radius 2 is 1.83 bits per heavy atom. The fourth-order valence-corrected chi connectivity index (χ4v) is 2.13. The molecule has 0 aliphatic rings. The van der Waals surface area contributed by atoms with E-state index >= 15 is 0 Å². The molecular weight excluding hydrogens is 292 g/mol. The third kappa shape index (κ3) is 5.34. The smallest absolute Gasteiger partial charge is 0.124 e. The highest BCUT2D eigenvalue weighted by atomic mass is 16.5. The van der Waals surface area contributed by atoms with Crippen molar-refractivity contribution < 1.29 is 19.3 Å². The highest BCUT2D eigenvalue weighted by Gasteiger charge is 2.09. The SMILES string of the molecule is C=C(O)c1cc(OCc2ccccc2)cc(O[C@@H](C)COC)c1. The molecule has 2 aromatic carbocycles. The normalized spacial score (nSPS) is 11.7. The van der Waals surface area contributed by atoms with E-state index in [1.165, 1.54) is 0 Å². The van der Waals surface area contributed by atoms with Gasteiger partial charge in [-0.05, 0) is 24.6 Å². The molecule has 0 saturated heterocycles. The molecule has 23 heavy (non-hydrogen) atoms. The quantitative estimate of drug-likeness (QED) is 0.742. The lowest BCUT2D eigenvalue weighted by molar-refractivity contribution is 0.0918. The van der Waals surface area contributed by atoms with Crippen LogP contribution in [0.25, 0.3) is 5.76 Å². The molecule has 0 unspecified atom stereocenters. The van der Waals surface area contributed by atoms with Crippen molar-refractivity contribution in [2.45, 2.75) is 19.6 Å². The molecule has 4 nitrogen and oxygen atoms in total. The lowest BCUT2D eigenvalue weighted by Crippen LogP contribution is -2.18. The van der Waals surface area contributed by atoms with E-state index < -0.39 is 0 Å². The Hall–Kier alpha value is -2.46. The van der Waals surface area contributed by atoms with Crippen molar-refractivity contribution in [3.8, 4) is 11.5 Å². The summed E-state index contributed by atoms with van der Waals surface area (Å²) in [6.07, 6.45) is -0.107. The Balaban J connectivity index is 2.14. The Kier molecular flexibility index (Phi) is 6.06. The molecule has 0 saturated carbocycles. The molecule has 122 valence electrons. The summed E-state index contributed by atoms with van der Waals surface area (Å²) in [6.45, 7) is 6.39. The van der Waals surface area contributed by atoms with E-state index in [2.05, 4.69) is 6.58 Å². The number of ether oxygens (including phenoxy) is 3. The topological polar surface area (TPSA) is 47.9 Å². The van der Waals surface area contributed by atoms with Gasteiger partial charge in [-0.15, -0.1) is 0 Å². The predicted molar refractivity (Wildman–Crippen MR) is 90.8 cm³/mol. The first-order valence-corrected chi connectivity index (χ1v) is 7.44. The summed E-state index contributed by atoms with van der Waals surface area (Å²) in [7, 11) is 1.63. The first-order valence-electron chi connectivity index (χ1n) is 7.44. The van der Waals surface area contributed by atoms with Gasteiger partial charge in [0, 0.05) is 18.7 Å². The molecule has 1 atom stereocenters. The van der Waals surface area contributed by atoms with Gasteiger partial charge in [0.05, 0.1) is 6.61 Å². The number of benzene rings is 2. The minimum absolute atomic E-state index is 0.0283. The summed E-state index contributed by atoms with van der Waals surface area (Å²) in [5.41, 5.74) is 1.63. The first-order chi connectivity index (χ1) is 11.1. The van der Waals surface area contributed by atoms with Gasteiger partial charge in [0.15, 0.2) is 0 Å². The zero-order chi connectivity index (χ0) is 16.7. The van der Waals surface area contributed by atoms with Crippen LogP contribution < -0.4 is 9.47 Å². The third-order valence-corrected chi connectivity index (χ3v) is 3.20. The van der Waals surface area contributed by atoms with Crippen LogP contribution in [0.2, 0.25) is 0 Å². The van der Waals surface area contributed by atoms with Crippen molar-refractivity contribution in [3.05, 3.63) is 66.2 Å². The summed E-state index contributed by atoms with van der Waals surface area (Å²) in [4.78, 5) is 0. The van der Waals surface area contributed by atoms with Crippen LogP contribution in [0.1, 0.15) is 18.1 Å². The van der Waals surface area contributed by atoms with E-state index in [1.54, 1.807) is 25.3 Å². The van der Waals surface area contributed by atoms with Crippen molar-refractivity contribution in [1.29, 1.82) is 0 Å². The van der Waals surface area contributed by atoms with Gasteiger partial charge in [-0.1, -0.05) is 36.9 Å². The Morgan fingerprint density at radius 1 is 1.13 bits per heavy atom. The first kappa shape index (κ1) is 16.9. The molecule has 2 aromatic rings. The predicted octanol–water partition coefficient (Wildman–Crippen LogP) is 4.21. The second kappa shape index (κ2) is 8.25. The lowest BCUT2D eigenvalue weighted by atomic mass is 10.1.